The summed E-state index contributed by atoms with van der Waals surface area (Å²) in [5.41, 5.74) is 3.47. The highest BCUT2D eigenvalue weighted by Crippen LogP contribution is 2.30. The van der Waals surface area contributed by atoms with Gasteiger partial charge in [0.2, 0.25) is 0 Å². The summed E-state index contributed by atoms with van der Waals surface area (Å²) in [7, 11) is 1.61. The number of thiophene rings is 1. The minimum Gasteiger partial charge on any atom is -0.496 e. The molecule has 0 saturated carbocycles. The number of carbonyl (C=O) groups excluding carboxylic acids is 1. The van der Waals surface area contributed by atoms with E-state index in [1.54, 1.807) is 18.6 Å². The molecule has 1 heterocycles. The second-order valence-corrected chi connectivity index (χ2v) is 6.72. The number of aliphatic carboxylic acids is 1. The first-order chi connectivity index (χ1) is 11.3. The second kappa shape index (κ2) is 7.49. The van der Waals surface area contributed by atoms with Crippen molar-refractivity contribution in [2.24, 2.45) is 0 Å². The number of carbonyl (C=O) groups is 2. The van der Waals surface area contributed by atoms with Crippen LogP contribution in [0.3, 0.4) is 0 Å². The molecule has 6 heteroatoms. The van der Waals surface area contributed by atoms with Gasteiger partial charge in [0, 0.05) is 10.4 Å². The maximum absolute atomic E-state index is 12.5. The molecule has 0 aliphatic carbocycles. The minimum atomic E-state index is -0.949. The van der Waals surface area contributed by atoms with Crippen LogP contribution in [0.25, 0.3) is 0 Å². The predicted octanol–water partition coefficient (Wildman–Crippen LogP) is 3.49. The molecule has 1 aromatic heterocycles. The fourth-order valence-corrected chi connectivity index (χ4v) is 3.69. The Kier molecular flexibility index (Phi) is 5.62. The number of nitrogens with one attached hydrogen (secondary N) is 1. The van der Waals surface area contributed by atoms with Crippen LogP contribution in [0.2, 0.25) is 0 Å². The lowest BCUT2D eigenvalue weighted by Crippen LogP contribution is -2.28. The Morgan fingerprint density at radius 2 is 2.04 bits per heavy atom. The van der Waals surface area contributed by atoms with E-state index in [1.807, 2.05) is 32.9 Å². The number of benzene rings is 1. The molecule has 1 atom stereocenters. The number of carboxylic acid groups (broad SMARTS) is 1. The van der Waals surface area contributed by atoms with Crippen molar-refractivity contribution in [2.45, 2.75) is 33.2 Å². The number of aryl methyl sites for hydroxylation is 2. The summed E-state index contributed by atoms with van der Waals surface area (Å²) in [6.45, 7) is 5.86. The molecule has 0 radical (unpaired) electrons. The zero-order chi connectivity index (χ0) is 17.9. The van der Waals surface area contributed by atoms with Gasteiger partial charge in [-0.25, -0.2) is 0 Å². The standard InChI is InChI=1S/C18H21NO4S/c1-10-7-11(2)17(14(8-10)23-4)12(3)19-18(22)13-5-6-24-15(13)9-16(20)21/h5-8,12H,9H2,1-4H3,(H,19,22)(H,20,21). The summed E-state index contributed by atoms with van der Waals surface area (Å²) >= 11 is 1.28. The van der Waals surface area contributed by atoms with Crippen molar-refractivity contribution >= 4 is 23.2 Å². The molecule has 0 bridgehead atoms. The van der Waals surface area contributed by atoms with Gasteiger partial charge in [-0.15, -0.1) is 11.3 Å². The first-order valence-electron chi connectivity index (χ1n) is 7.57. The van der Waals surface area contributed by atoms with Crippen LogP contribution in [0.1, 0.15) is 44.9 Å². The van der Waals surface area contributed by atoms with Crippen molar-refractivity contribution in [1.29, 1.82) is 0 Å². The Labute approximate surface area is 145 Å². The van der Waals surface area contributed by atoms with E-state index in [-0.39, 0.29) is 18.4 Å². The topological polar surface area (TPSA) is 75.6 Å². The second-order valence-electron chi connectivity index (χ2n) is 5.72. The van der Waals surface area contributed by atoms with Crippen LogP contribution in [-0.4, -0.2) is 24.1 Å². The number of hydrogen-bond acceptors (Lipinski definition) is 4. The number of hydrogen-bond donors (Lipinski definition) is 2. The lowest BCUT2D eigenvalue weighted by molar-refractivity contribution is -0.136. The molecule has 1 amide bonds. The van der Waals surface area contributed by atoms with Gasteiger partial charge in [-0.05, 0) is 49.4 Å². The zero-order valence-electron chi connectivity index (χ0n) is 14.2. The van der Waals surface area contributed by atoms with Crippen molar-refractivity contribution in [3.05, 3.63) is 50.7 Å². The average molecular weight is 347 g/mol. The van der Waals surface area contributed by atoms with Gasteiger partial charge < -0.3 is 15.2 Å². The average Bonchev–Trinajstić information content (AvgIpc) is 2.93. The molecule has 5 nitrogen and oxygen atoms in total. The Morgan fingerprint density at radius 3 is 2.67 bits per heavy atom. The zero-order valence-corrected chi connectivity index (χ0v) is 15.0. The molecule has 0 fully saturated rings. The first kappa shape index (κ1) is 18.0. The molecule has 24 heavy (non-hydrogen) atoms. The highest BCUT2D eigenvalue weighted by molar-refractivity contribution is 7.10. The van der Waals surface area contributed by atoms with E-state index < -0.39 is 5.97 Å². The SMILES string of the molecule is COc1cc(C)cc(C)c1C(C)NC(=O)c1ccsc1CC(=O)O. The third-order valence-corrected chi connectivity index (χ3v) is 4.72. The molecule has 1 aromatic carbocycles. The van der Waals surface area contributed by atoms with Crippen molar-refractivity contribution < 1.29 is 19.4 Å². The third kappa shape index (κ3) is 3.94. The summed E-state index contributed by atoms with van der Waals surface area (Å²) in [5, 5.41) is 13.6. The van der Waals surface area contributed by atoms with Gasteiger partial charge in [0.25, 0.3) is 5.91 Å². The summed E-state index contributed by atoms with van der Waals surface area (Å²) in [6.07, 6.45) is -0.151. The van der Waals surface area contributed by atoms with E-state index in [0.29, 0.717) is 10.4 Å². The maximum atomic E-state index is 12.5. The molecule has 0 saturated heterocycles. The maximum Gasteiger partial charge on any atom is 0.308 e. The highest BCUT2D eigenvalue weighted by Gasteiger charge is 2.20. The van der Waals surface area contributed by atoms with E-state index in [0.717, 1.165) is 22.4 Å². The van der Waals surface area contributed by atoms with Gasteiger partial charge in [-0.2, -0.15) is 0 Å². The smallest absolute Gasteiger partial charge is 0.308 e. The monoisotopic (exact) mass is 347 g/mol. The van der Waals surface area contributed by atoms with Crippen LogP contribution < -0.4 is 10.1 Å². The van der Waals surface area contributed by atoms with Crippen molar-refractivity contribution in [1.82, 2.24) is 5.32 Å². The molecular weight excluding hydrogens is 326 g/mol. The number of ether oxygens (including phenoxy) is 1. The number of rotatable bonds is 6. The van der Waals surface area contributed by atoms with E-state index in [2.05, 4.69) is 5.32 Å². The first-order valence-corrected chi connectivity index (χ1v) is 8.45. The van der Waals surface area contributed by atoms with Crippen LogP contribution in [0, 0.1) is 13.8 Å². The summed E-state index contributed by atoms with van der Waals surface area (Å²) in [5.74, 6) is -0.492. The molecule has 0 aliphatic heterocycles. The normalized spacial score (nSPS) is 11.8. The molecule has 0 spiro atoms. The van der Waals surface area contributed by atoms with E-state index in [4.69, 9.17) is 9.84 Å². The van der Waals surface area contributed by atoms with E-state index in [9.17, 15) is 9.59 Å². The number of amides is 1. The van der Waals surface area contributed by atoms with Crippen molar-refractivity contribution in [3.8, 4) is 5.75 Å². The Balaban J connectivity index is 2.24. The summed E-state index contributed by atoms with van der Waals surface area (Å²) in [6, 6.07) is 5.38. The molecule has 128 valence electrons. The number of methoxy groups -OCH3 is 1. The fourth-order valence-electron chi connectivity index (χ4n) is 2.83. The van der Waals surface area contributed by atoms with Gasteiger partial charge in [-0.1, -0.05) is 6.07 Å². The predicted molar refractivity (Wildman–Crippen MR) is 94.0 cm³/mol. The molecule has 2 rings (SSSR count). The van der Waals surface area contributed by atoms with Crippen LogP contribution >= 0.6 is 11.3 Å². The van der Waals surface area contributed by atoms with Crippen molar-refractivity contribution in [3.63, 3.8) is 0 Å². The van der Waals surface area contributed by atoms with Gasteiger partial charge in [0.05, 0.1) is 25.1 Å². The highest BCUT2D eigenvalue weighted by atomic mass is 32.1. The number of carboxylic acids is 1. The molecule has 0 aliphatic rings. The van der Waals surface area contributed by atoms with Gasteiger partial charge in [-0.3, -0.25) is 9.59 Å². The van der Waals surface area contributed by atoms with Gasteiger partial charge >= 0.3 is 5.97 Å². The Hall–Kier alpha value is -2.34. The van der Waals surface area contributed by atoms with E-state index >= 15 is 0 Å². The van der Waals surface area contributed by atoms with E-state index in [1.165, 1.54) is 11.3 Å². The van der Waals surface area contributed by atoms with Crippen molar-refractivity contribution in [2.75, 3.05) is 7.11 Å². The molecule has 2 N–H and O–H groups in total. The fraction of sp³-hybridized carbons (Fsp3) is 0.333. The third-order valence-electron chi connectivity index (χ3n) is 3.80. The Morgan fingerprint density at radius 1 is 1.33 bits per heavy atom. The lowest BCUT2D eigenvalue weighted by atomic mass is 9.98. The van der Waals surface area contributed by atoms with Gasteiger partial charge in [0.1, 0.15) is 5.75 Å². The van der Waals surface area contributed by atoms with Crippen LogP contribution in [-0.2, 0) is 11.2 Å². The Bertz CT molecular complexity index is 766. The largest absolute Gasteiger partial charge is 0.496 e. The quantitative estimate of drug-likeness (QED) is 0.839. The van der Waals surface area contributed by atoms with Crippen LogP contribution in [0.15, 0.2) is 23.6 Å². The summed E-state index contributed by atoms with van der Waals surface area (Å²) < 4.78 is 5.45. The minimum absolute atomic E-state index is 0.151. The molecule has 1 unspecified atom stereocenters. The van der Waals surface area contributed by atoms with Crippen LogP contribution in [0.5, 0.6) is 5.75 Å². The molecule has 2 aromatic rings. The molecular formula is C18H21NO4S. The lowest BCUT2D eigenvalue weighted by Gasteiger charge is -2.20. The summed E-state index contributed by atoms with van der Waals surface area (Å²) in [4.78, 5) is 24.0. The van der Waals surface area contributed by atoms with Crippen LogP contribution in [0.4, 0.5) is 0 Å². The van der Waals surface area contributed by atoms with Gasteiger partial charge in [0.15, 0.2) is 0 Å².